The number of nitrogens with one attached hydrogen (secondary N) is 1. The van der Waals surface area contributed by atoms with Crippen LogP contribution in [0.1, 0.15) is 26.7 Å². The highest BCUT2D eigenvalue weighted by atomic mass is 16.2. The van der Waals surface area contributed by atoms with Gasteiger partial charge in [-0.1, -0.05) is 18.6 Å². The van der Waals surface area contributed by atoms with Crippen LogP contribution in [0.25, 0.3) is 0 Å². The predicted octanol–water partition coefficient (Wildman–Crippen LogP) is 0.165. The lowest BCUT2D eigenvalue weighted by Gasteiger charge is -2.12. The monoisotopic (exact) mass is 211 g/mol. The van der Waals surface area contributed by atoms with Crippen molar-refractivity contribution in [1.82, 2.24) is 20.3 Å². The van der Waals surface area contributed by atoms with Crippen LogP contribution in [0.3, 0.4) is 0 Å². The van der Waals surface area contributed by atoms with Crippen LogP contribution in [0.4, 0.5) is 5.82 Å². The maximum absolute atomic E-state index is 11.5. The lowest BCUT2D eigenvalue weighted by molar-refractivity contribution is -0.122. The van der Waals surface area contributed by atoms with E-state index in [0.717, 1.165) is 12.8 Å². The summed E-state index contributed by atoms with van der Waals surface area (Å²) < 4.78 is 1.42. The fraction of sp³-hybridized carbons (Fsp3) is 0.667. The molecule has 0 aliphatic heterocycles. The van der Waals surface area contributed by atoms with Gasteiger partial charge in [-0.3, -0.25) is 4.79 Å². The number of nitrogens with zero attached hydrogens (tertiary/aromatic N) is 3. The molecule has 0 spiro atoms. The minimum absolute atomic E-state index is 0.0687. The van der Waals surface area contributed by atoms with Crippen LogP contribution in [0, 0.1) is 0 Å². The number of amides is 1. The number of anilines is 1. The summed E-state index contributed by atoms with van der Waals surface area (Å²) in [6, 6.07) is 0.198. The van der Waals surface area contributed by atoms with Gasteiger partial charge >= 0.3 is 0 Å². The van der Waals surface area contributed by atoms with Gasteiger partial charge in [0.2, 0.25) is 5.91 Å². The number of rotatable bonds is 5. The number of aromatic nitrogens is 3. The molecule has 1 amide bonds. The van der Waals surface area contributed by atoms with Gasteiger partial charge in [0.15, 0.2) is 5.82 Å². The number of hydrogen-bond acceptors (Lipinski definition) is 4. The second-order valence-corrected chi connectivity index (χ2v) is 3.60. The molecule has 84 valence electrons. The molecule has 0 saturated carbocycles. The molecule has 1 aromatic heterocycles. The fourth-order valence-electron chi connectivity index (χ4n) is 1.36. The third kappa shape index (κ3) is 3.97. The van der Waals surface area contributed by atoms with Crippen molar-refractivity contribution in [3.8, 4) is 0 Å². The zero-order valence-corrected chi connectivity index (χ0v) is 9.10. The molecule has 6 heteroatoms. The highest BCUT2D eigenvalue weighted by Crippen LogP contribution is 1.96. The number of nitrogen functional groups attached to an aromatic ring is 1. The van der Waals surface area contributed by atoms with Crippen molar-refractivity contribution in [2.45, 2.75) is 39.3 Å². The first-order chi connectivity index (χ1) is 7.11. The van der Waals surface area contributed by atoms with Crippen molar-refractivity contribution in [1.29, 1.82) is 0 Å². The van der Waals surface area contributed by atoms with Crippen LogP contribution in [0.15, 0.2) is 6.20 Å². The van der Waals surface area contributed by atoms with E-state index in [9.17, 15) is 4.79 Å². The SMILES string of the molecule is CCCC(C)NC(=O)Cn1cc(N)nn1. The molecule has 1 aromatic rings. The van der Waals surface area contributed by atoms with E-state index in [1.165, 1.54) is 10.9 Å². The molecule has 1 atom stereocenters. The molecule has 0 saturated heterocycles. The molecule has 0 aromatic carbocycles. The molecular formula is C9H17N5O. The Hall–Kier alpha value is -1.59. The summed E-state index contributed by atoms with van der Waals surface area (Å²) >= 11 is 0. The normalized spacial score (nSPS) is 12.4. The first kappa shape index (κ1) is 11.5. The maximum Gasteiger partial charge on any atom is 0.242 e. The average Bonchev–Trinajstić information content (AvgIpc) is 2.51. The van der Waals surface area contributed by atoms with Crippen molar-refractivity contribution < 1.29 is 4.79 Å². The Balaban J connectivity index is 2.36. The Bertz CT molecular complexity index is 322. The minimum Gasteiger partial charge on any atom is -0.381 e. The number of carbonyl (C=O) groups excluding carboxylic acids is 1. The Labute approximate surface area is 88.8 Å². The van der Waals surface area contributed by atoms with Gasteiger partial charge < -0.3 is 11.1 Å². The zero-order valence-electron chi connectivity index (χ0n) is 9.10. The molecule has 1 heterocycles. The van der Waals surface area contributed by atoms with E-state index in [-0.39, 0.29) is 18.5 Å². The third-order valence-corrected chi connectivity index (χ3v) is 1.99. The van der Waals surface area contributed by atoms with Crippen molar-refractivity contribution in [3.63, 3.8) is 0 Å². The van der Waals surface area contributed by atoms with Crippen molar-refractivity contribution in [3.05, 3.63) is 6.20 Å². The fourth-order valence-corrected chi connectivity index (χ4v) is 1.36. The highest BCUT2D eigenvalue weighted by molar-refractivity contribution is 5.75. The number of hydrogen-bond donors (Lipinski definition) is 2. The van der Waals surface area contributed by atoms with Gasteiger partial charge in [0.05, 0.1) is 6.20 Å². The van der Waals surface area contributed by atoms with E-state index >= 15 is 0 Å². The molecular weight excluding hydrogens is 194 g/mol. The van der Waals surface area contributed by atoms with Crippen molar-refractivity contribution >= 4 is 11.7 Å². The van der Waals surface area contributed by atoms with Crippen LogP contribution >= 0.6 is 0 Å². The Morgan fingerprint density at radius 3 is 3.00 bits per heavy atom. The van der Waals surface area contributed by atoms with E-state index in [1.54, 1.807) is 0 Å². The summed E-state index contributed by atoms with van der Waals surface area (Å²) in [5.74, 6) is 0.255. The molecule has 0 radical (unpaired) electrons. The summed E-state index contributed by atoms with van der Waals surface area (Å²) in [4.78, 5) is 11.5. The molecule has 1 rings (SSSR count). The first-order valence-corrected chi connectivity index (χ1v) is 5.06. The van der Waals surface area contributed by atoms with Crippen LogP contribution < -0.4 is 11.1 Å². The quantitative estimate of drug-likeness (QED) is 0.726. The summed E-state index contributed by atoms with van der Waals surface area (Å²) in [6.07, 6.45) is 3.56. The summed E-state index contributed by atoms with van der Waals surface area (Å²) in [5, 5.41) is 10.2. The largest absolute Gasteiger partial charge is 0.381 e. The minimum atomic E-state index is -0.0687. The lowest BCUT2D eigenvalue weighted by atomic mass is 10.2. The molecule has 0 bridgehead atoms. The van der Waals surface area contributed by atoms with Crippen LogP contribution in [0.5, 0.6) is 0 Å². The Morgan fingerprint density at radius 1 is 1.73 bits per heavy atom. The van der Waals surface area contributed by atoms with Crippen LogP contribution in [0.2, 0.25) is 0 Å². The molecule has 0 aliphatic rings. The first-order valence-electron chi connectivity index (χ1n) is 5.06. The highest BCUT2D eigenvalue weighted by Gasteiger charge is 2.07. The molecule has 0 aliphatic carbocycles. The molecule has 15 heavy (non-hydrogen) atoms. The van der Waals surface area contributed by atoms with Gasteiger partial charge in [-0.05, 0) is 13.3 Å². The molecule has 0 fully saturated rings. The molecule has 1 unspecified atom stereocenters. The maximum atomic E-state index is 11.5. The summed E-state index contributed by atoms with van der Waals surface area (Å²) in [5.41, 5.74) is 5.38. The second kappa shape index (κ2) is 5.33. The standard InChI is InChI=1S/C9H17N5O/c1-3-4-7(2)11-9(15)6-14-5-8(10)12-13-14/h5,7H,3-4,6,10H2,1-2H3,(H,11,15). The lowest BCUT2D eigenvalue weighted by Crippen LogP contribution is -2.35. The average molecular weight is 211 g/mol. The van der Waals surface area contributed by atoms with E-state index in [0.29, 0.717) is 5.82 Å². The van der Waals surface area contributed by atoms with Crippen molar-refractivity contribution in [2.75, 3.05) is 5.73 Å². The van der Waals surface area contributed by atoms with Gasteiger partial charge in [-0.2, -0.15) is 0 Å². The van der Waals surface area contributed by atoms with Gasteiger partial charge in [0, 0.05) is 6.04 Å². The van der Waals surface area contributed by atoms with Crippen molar-refractivity contribution in [2.24, 2.45) is 0 Å². The smallest absolute Gasteiger partial charge is 0.242 e. The molecule has 6 nitrogen and oxygen atoms in total. The Kier molecular flexibility index (Phi) is 4.08. The van der Waals surface area contributed by atoms with Gasteiger partial charge in [-0.15, -0.1) is 5.10 Å². The number of carbonyl (C=O) groups is 1. The number of nitrogens with two attached hydrogens (primary N) is 1. The topological polar surface area (TPSA) is 85.8 Å². The molecule has 3 N–H and O–H groups in total. The Morgan fingerprint density at radius 2 is 2.47 bits per heavy atom. The van der Waals surface area contributed by atoms with Crippen LogP contribution in [-0.4, -0.2) is 26.9 Å². The van der Waals surface area contributed by atoms with E-state index in [4.69, 9.17) is 5.73 Å². The summed E-state index contributed by atoms with van der Waals surface area (Å²) in [7, 11) is 0. The van der Waals surface area contributed by atoms with Gasteiger partial charge in [0.1, 0.15) is 6.54 Å². The van der Waals surface area contributed by atoms with E-state index < -0.39 is 0 Å². The second-order valence-electron chi connectivity index (χ2n) is 3.60. The van der Waals surface area contributed by atoms with Crippen LogP contribution in [-0.2, 0) is 11.3 Å². The zero-order chi connectivity index (χ0) is 11.3. The van der Waals surface area contributed by atoms with E-state index in [2.05, 4.69) is 22.6 Å². The van der Waals surface area contributed by atoms with Gasteiger partial charge in [0.25, 0.3) is 0 Å². The van der Waals surface area contributed by atoms with E-state index in [1.807, 2.05) is 6.92 Å². The summed E-state index contributed by atoms with van der Waals surface area (Å²) in [6.45, 7) is 4.23. The third-order valence-electron chi connectivity index (χ3n) is 1.99. The van der Waals surface area contributed by atoms with Gasteiger partial charge in [-0.25, -0.2) is 4.68 Å². The predicted molar refractivity (Wildman–Crippen MR) is 56.9 cm³/mol.